The molecule has 0 spiro atoms. The molecule has 0 saturated heterocycles. The van der Waals surface area contributed by atoms with Gasteiger partial charge in [0.15, 0.2) is 11.0 Å². The predicted octanol–water partition coefficient (Wildman–Crippen LogP) is 4.78. The van der Waals surface area contributed by atoms with Gasteiger partial charge in [-0.15, -0.1) is 0 Å². The fraction of sp³-hybridized carbons (Fsp3) is 0.300. The van der Waals surface area contributed by atoms with Gasteiger partial charge in [0, 0.05) is 13.1 Å². The number of hydrogen-bond donors (Lipinski definition) is 3. The normalized spacial score (nSPS) is 13.4. The molecule has 0 aliphatic heterocycles. The van der Waals surface area contributed by atoms with Crippen LogP contribution in [0.4, 0.5) is 5.13 Å². The quantitative estimate of drug-likeness (QED) is 0.184. The summed E-state index contributed by atoms with van der Waals surface area (Å²) in [6.07, 6.45) is -0.625. The number of nitrogens with one attached hydrogen (secondary N) is 1. The number of nitrogens with two attached hydrogens (primary N) is 1. The molecule has 3 aromatic carbocycles. The van der Waals surface area contributed by atoms with E-state index in [2.05, 4.69) is 16.9 Å². The Bertz CT molecular complexity index is 1510. The Morgan fingerprint density at radius 2 is 1.70 bits per heavy atom. The minimum Gasteiger partial charge on any atom is -0.475 e. The first-order valence-corrected chi connectivity index (χ1v) is 15.4. The van der Waals surface area contributed by atoms with E-state index in [1.807, 2.05) is 74.5 Å². The van der Waals surface area contributed by atoms with Crippen molar-refractivity contribution >= 4 is 36.7 Å². The highest BCUT2D eigenvalue weighted by Gasteiger charge is 2.31. The van der Waals surface area contributed by atoms with Gasteiger partial charge in [-0.2, -0.15) is 4.31 Å². The molecule has 4 N–H and O–H groups in total. The molecular formula is C30H36N4O4S2. The molecule has 1 aromatic heterocycles. The van der Waals surface area contributed by atoms with Gasteiger partial charge < -0.3 is 20.9 Å². The van der Waals surface area contributed by atoms with Gasteiger partial charge in [0.25, 0.3) is 0 Å². The van der Waals surface area contributed by atoms with E-state index in [1.54, 1.807) is 12.1 Å². The van der Waals surface area contributed by atoms with E-state index in [9.17, 15) is 13.5 Å². The number of aliphatic hydroxyl groups excluding tert-OH is 1. The molecule has 10 heteroatoms. The number of nitrogen functional groups attached to an aromatic ring is 1. The monoisotopic (exact) mass is 580 g/mol. The number of thiazole rings is 1. The number of aliphatic hydroxyl groups is 1. The maximum atomic E-state index is 13.8. The third-order valence-corrected chi connectivity index (χ3v) is 9.03. The highest BCUT2D eigenvalue weighted by molar-refractivity contribution is 7.89. The molecule has 1 heterocycles. The summed E-state index contributed by atoms with van der Waals surface area (Å²) in [4.78, 5) is 4.36. The second-order valence-electron chi connectivity index (χ2n) is 10.1. The second-order valence-corrected chi connectivity index (χ2v) is 13.1. The lowest BCUT2D eigenvalue weighted by Crippen LogP contribution is -2.49. The summed E-state index contributed by atoms with van der Waals surface area (Å²) in [6, 6.07) is 23.7. The molecule has 0 aliphatic carbocycles. The van der Waals surface area contributed by atoms with Crippen LogP contribution in [0.15, 0.2) is 96.2 Å². The van der Waals surface area contributed by atoms with E-state index >= 15 is 0 Å². The second kappa shape index (κ2) is 13.3. The number of benzene rings is 3. The van der Waals surface area contributed by atoms with E-state index in [4.69, 9.17) is 10.5 Å². The van der Waals surface area contributed by atoms with Crippen LogP contribution in [0.5, 0.6) is 0 Å². The Morgan fingerprint density at radius 3 is 2.35 bits per heavy atom. The fourth-order valence-electron chi connectivity index (χ4n) is 4.39. The molecule has 0 fully saturated rings. The van der Waals surface area contributed by atoms with E-state index in [1.165, 1.54) is 21.7 Å². The van der Waals surface area contributed by atoms with Gasteiger partial charge in [-0.3, -0.25) is 0 Å². The van der Waals surface area contributed by atoms with Crippen LogP contribution >= 0.6 is 11.3 Å². The van der Waals surface area contributed by atoms with Crippen LogP contribution < -0.4 is 11.1 Å². The minimum absolute atomic E-state index is 0.0327. The van der Waals surface area contributed by atoms with Crippen molar-refractivity contribution in [2.75, 3.05) is 18.8 Å². The molecule has 40 heavy (non-hydrogen) atoms. The molecule has 4 rings (SSSR count). The minimum atomic E-state index is -3.94. The van der Waals surface area contributed by atoms with Crippen LogP contribution in [0.25, 0.3) is 10.2 Å². The number of aromatic nitrogens is 1. The topological polar surface area (TPSA) is 118 Å². The number of hydrogen-bond acceptors (Lipinski definition) is 8. The average molecular weight is 581 g/mol. The van der Waals surface area contributed by atoms with Crippen molar-refractivity contribution in [1.29, 1.82) is 0 Å². The standard InChI is InChI=1S/C30H36N4O4S2/c1-21(2)18-34(40(36,37)25-14-15-29-27(17-25)33-30(31)39-29)19-28(35)26(16-23-10-6-4-7-11-23)32-22(3)38-20-24-12-8-5-9-13-24/h4-15,17,21,26,28,32,35H,3,16,18-20H2,1-2H3,(H2,31,33)/t26-,28+/m0/s1. The molecule has 4 aromatic rings. The summed E-state index contributed by atoms with van der Waals surface area (Å²) in [5.41, 5.74) is 8.32. The van der Waals surface area contributed by atoms with Gasteiger partial charge in [0.1, 0.15) is 6.61 Å². The summed E-state index contributed by atoms with van der Waals surface area (Å²) < 4.78 is 35.6. The van der Waals surface area contributed by atoms with Crippen LogP contribution in [0.1, 0.15) is 25.0 Å². The molecular weight excluding hydrogens is 544 g/mol. The average Bonchev–Trinajstić information content (AvgIpc) is 3.31. The van der Waals surface area contributed by atoms with Crippen molar-refractivity contribution < 1.29 is 18.3 Å². The van der Waals surface area contributed by atoms with Gasteiger partial charge in [-0.05, 0) is 48.2 Å². The van der Waals surface area contributed by atoms with Crippen LogP contribution in [0.2, 0.25) is 0 Å². The first-order valence-electron chi connectivity index (χ1n) is 13.1. The number of ether oxygens (including phenoxy) is 1. The summed E-state index contributed by atoms with van der Waals surface area (Å²) >= 11 is 1.30. The van der Waals surface area contributed by atoms with Crippen molar-refractivity contribution in [3.05, 3.63) is 102 Å². The number of nitrogens with zero attached hydrogens (tertiary/aromatic N) is 2. The van der Waals surface area contributed by atoms with Gasteiger partial charge in [0.2, 0.25) is 10.0 Å². The zero-order valence-electron chi connectivity index (χ0n) is 22.7. The van der Waals surface area contributed by atoms with Crippen molar-refractivity contribution in [3.8, 4) is 0 Å². The van der Waals surface area contributed by atoms with E-state index < -0.39 is 22.2 Å². The van der Waals surface area contributed by atoms with Crippen LogP contribution in [-0.2, 0) is 27.8 Å². The van der Waals surface area contributed by atoms with Crippen molar-refractivity contribution in [2.45, 2.75) is 43.9 Å². The summed E-state index contributed by atoms with van der Waals surface area (Å²) in [5, 5.41) is 15.1. The zero-order chi connectivity index (χ0) is 28.7. The predicted molar refractivity (Wildman–Crippen MR) is 161 cm³/mol. The number of rotatable bonds is 14. The molecule has 0 bridgehead atoms. The summed E-state index contributed by atoms with van der Waals surface area (Å²) in [6.45, 7) is 8.32. The molecule has 2 atom stereocenters. The van der Waals surface area contributed by atoms with E-state index in [0.717, 1.165) is 15.8 Å². The van der Waals surface area contributed by atoms with Gasteiger partial charge in [-0.1, -0.05) is 85.8 Å². The molecule has 0 amide bonds. The lowest BCUT2D eigenvalue weighted by atomic mass is 10.0. The van der Waals surface area contributed by atoms with Crippen LogP contribution in [0, 0.1) is 5.92 Å². The molecule has 0 radical (unpaired) electrons. The molecule has 212 valence electrons. The third kappa shape index (κ3) is 7.82. The smallest absolute Gasteiger partial charge is 0.243 e. The van der Waals surface area contributed by atoms with Gasteiger partial charge in [-0.25, -0.2) is 13.4 Å². The Labute approximate surface area is 240 Å². The third-order valence-electron chi connectivity index (χ3n) is 6.34. The Kier molecular flexibility index (Phi) is 9.80. The highest BCUT2D eigenvalue weighted by atomic mass is 32.2. The highest BCUT2D eigenvalue weighted by Crippen LogP contribution is 2.28. The molecule has 0 unspecified atom stereocenters. The Hall–Kier alpha value is -3.44. The lowest BCUT2D eigenvalue weighted by Gasteiger charge is -2.31. The number of fused-ring (bicyclic) bond motifs is 1. The van der Waals surface area contributed by atoms with Gasteiger partial charge >= 0.3 is 0 Å². The lowest BCUT2D eigenvalue weighted by molar-refractivity contribution is 0.0878. The van der Waals surface area contributed by atoms with E-state index in [0.29, 0.717) is 29.6 Å². The first-order chi connectivity index (χ1) is 19.1. The summed E-state index contributed by atoms with van der Waals surface area (Å²) in [7, 11) is -3.94. The first kappa shape index (κ1) is 29.5. The number of sulfonamides is 1. The number of anilines is 1. The van der Waals surface area contributed by atoms with E-state index in [-0.39, 0.29) is 23.9 Å². The van der Waals surface area contributed by atoms with Crippen LogP contribution in [-0.4, -0.2) is 48.0 Å². The zero-order valence-corrected chi connectivity index (χ0v) is 24.4. The Balaban J connectivity index is 1.55. The maximum absolute atomic E-state index is 13.8. The maximum Gasteiger partial charge on any atom is 0.243 e. The van der Waals surface area contributed by atoms with Crippen molar-refractivity contribution in [2.24, 2.45) is 5.92 Å². The Morgan fingerprint density at radius 1 is 1.05 bits per heavy atom. The molecule has 0 saturated carbocycles. The van der Waals surface area contributed by atoms with Crippen molar-refractivity contribution in [1.82, 2.24) is 14.6 Å². The SMILES string of the molecule is C=C(N[C@@H](Cc1ccccc1)[C@H](O)CN(CC(C)C)S(=O)(=O)c1ccc2sc(N)nc2c1)OCc1ccccc1. The van der Waals surface area contributed by atoms with Crippen molar-refractivity contribution in [3.63, 3.8) is 0 Å². The fourth-order valence-corrected chi connectivity index (χ4v) is 6.75. The van der Waals surface area contributed by atoms with Gasteiger partial charge in [0.05, 0.1) is 27.3 Å². The van der Waals surface area contributed by atoms with Crippen LogP contribution in [0.3, 0.4) is 0 Å². The largest absolute Gasteiger partial charge is 0.475 e. The summed E-state index contributed by atoms with van der Waals surface area (Å²) in [5.74, 6) is 0.332. The molecule has 0 aliphatic rings. The molecule has 8 nitrogen and oxygen atoms in total.